The third-order valence-electron chi connectivity index (χ3n) is 0.704. The van der Waals surface area contributed by atoms with Gasteiger partial charge in [0.25, 0.3) is 5.92 Å². The van der Waals surface area contributed by atoms with Crippen molar-refractivity contribution in [3.63, 3.8) is 0 Å². The number of hydrogen-bond acceptors (Lipinski definition) is 1. The van der Waals surface area contributed by atoms with Crippen molar-refractivity contribution in [3.05, 3.63) is 0 Å². The Morgan fingerprint density at radius 2 is 2.00 bits per heavy atom. The normalized spacial score (nSPS) is 12.0. The van der Waals surface area contributed by atoms with Crippen LogP contribution in [0.4, 0.5) is 8.78 Å². The summed E-state index contributed by atoms with van der Waals surface area (Å²) in [6, 6.07) is 0. The quantitative estimate of drug-likeness (QED) is 0.540. The second kappa shape index (κ2) is 3.77. The average molecular weight is 138 g/mol. The number of rotatable bonds is 4. The van der Waals surface area contributed by atoms with Gasteiger partial charge in [-0.15, -0.1) is 0 Å². The van der Waals surface area contributed by atoms with E-state index in [2.05, 4.69) is 4.74 Å². The van der Waals surface area contributed by atoms with Crippen molar-refractivity contribution >= 4 is 0 Å². The Balaban J connectivity index is 3.07. The molecule has 0 fully saturated rings. The number of hydrogen-bond donors (Lipinski definition) is 0. The molecule has 0 aromatic carbocycles. The molecule has 0 radical (unpaired) electrons. The Labute approximate surface area is 54.0 Å². The van der Waals surface area contributed by atoms with Gasteiger partial charge in [0.05, 0.1) is 0 Å². The van der Waals surface area contributed by atoms with Crippen LogP contribution >= 0.6 is 0 Å². The van der Waals surface area contributed by atoms with Crippen LogP contribution in [-0.2, 0) is 4.74 Å². The molecule has 0 heterocycles. The van der Waals surface area contributed by atoms with Crippen LogP contribution in [0, 0.1) is 0 Å². The summed E-state index contributed by atoms with van der Waals surface area (Å²) in [6.45, 7) is 2.70. The SMILES string of the molecule is CCCOCC(C)(F)F. The Morgan fingerprint density at radius 1 is 1.44 bits per heavy atom. The molecule has 0 unspecified atom stereocenters. The van der Waals surface area contributed by atoms with E-state index in [4.69, 9.17) is 0 Å². The van der Waals surface area contributed by atoms with E-state index >= 15 is 0 Å². The molecule has 0 rings (SSSR count). The molecule has 0 atom stereocenters. The first kappa shape index (κ1) is 8.82. The molecule has 0 bridgehead atoms. The lowest BCUT2D eigenvalue weighted by Crippen LogP contribution is -2.18. The molecule has 0 aromatic heterocycles. The van der Waals surface area contributed by atoms with Crippen molar-refractivity contribution < 1.29 is 13.5 Å². The third-order valence-corrected chi connectivity index (χ3v) is 0.704. The highest BCUT2D eigenvalue weighted by Crippen LogP contribution is 2.10. The summed E-state index contributed by atoms with van der Waals surface area (Å²) in [7, 11) is 0. The van der Waals surface area contributed by atoms with Gasteiger partial charge < -0.3 is 4.74 Å². The smallest absolute Gasteiger partial charge is 0.268 e. The molecule has 0 aromatic rings. The predicted molar refractivity (Wildman–Crippen MR) is 31.7 cm³/mol. The first-order valence-electron chi connectivity index (χ1n) is 3.02. The van der Waals surface area contributed by atoms with Gasteiger partial charge in [0, 0.05) is 13.5 Å². The van der Waals surface area contributed by atoms with E-state index in [0.29, 0.717) is 6.61 Å². The predicted octanol–water partition coefficient (Wildman–Crippen LogP) is 2.07. The molecule has 0 saturated carbocycles. The summed E-state index contributed by atoms with van der Waals surface area (Å²) < 4.78 is 28.4. The number of halogens is 2. The topological polar surface area (TPSA) is 9.23 Å². The minimum absolute atomic E-state index is 0.420. The zero-order valence-corrected chi connectivity index (χ0v) is 5.79. The van der Waals surface area contributed by atoms with Gasteiger partial charge in [0.1, 0.15) is 6.61 Å². The van der Waals surface area contributed by atoms with Crippen LogP contribution in [-0.4, -0.2) is 19.1 Å². The molecule has 9 heavy (non-hydrogen) atoms. The number of ether oxygens (including phenoxy) is 1. The van der Waals surface area contributed by atoms with Crippen molar-refractivity contribution in [3.8, 4) is 0 Å². The van der Waals surface area contributed by atoms with Gasteiger partial charge in [-0.25, -0.2) is 8.78 Å². The van der Waals surface area contributed by atoms with Crippen molar-refractivity contribution in [2.75, 3.05) is 13.2 Å². The van der Waals surface area contributed by atoms with Crippen molar-refractivity contribution in [1.29, 1.82) is 0 Å². The third kappa shape index (κ3) is 7.82. The van der Waals surface area contributed by atoms with Crippen LogP contribution in [0.3, 0.4) is 0 Å². The summed E-state index contributed by atoms with van der Waals surface area (Å²) in [5.41, 5.74) is 0. The van der Waals surface area contributed by atoms with E-state index in [1.54, 1.807) is 0 Å². The lowest BCUT2D eigenvalue weighted by molar-refractivity contribution is -0.0621. The zero-order valence-electron chi connectivity index (χ0n) is 5.79. The van der Waals surface area contributed by atoms with Crippen LogP contribution in [0.1, 0.15) is 20.3 Å². The lowest BCUT2D eigenvalue weighted by atomic mass is 10.4. The Kier molecular flexibility index (Phi) is 3.70. The monoisotopic (exact) mass is 138 g/mol. The fraction of sp³-hybridized carbons (Fsp3) is 1.00. The minimum Gasteiger partial charge on any atom is -0.375 e. The van der Waals surface area contributed by atoms with E-state index in [0.717, 1.165) is 13.3 Å². The maximum absolute atomic E-state index is 11.9. The van der Waals surface area contributed by atoms with Crippen LogP contribution in [0.25, 0.3) is 0 Å². The summed E-state index contributed by atoms with van der Waals surface area (Å²) in [5, 5.41) is 0. The Hall–Kier alpha value is -0.180. The summed E-state index contributed by atoms with van der Waals surface area (Å²) in [6.07, 6.45) is 0.788. The Morgan fingerprint density at radius 3 is 2.33 bits per heavy atom. The molecule has 0 saturated heterocycles. The van der Waals surface area contributed by atoms with Gasteiger partial charge in [0.2, 0.25) is 0 Å². The largest absolute Gasteiger partial charge is 0.375 e. The standard InChI is InChI=1S/C6H12F2O/c1-3-4-9-5-6(2,7)8/h3-5H2,1-2H3. The van der Waals surface area contributed by atoms with Crippen molar-refractivity contribution in [2.45, 2.75) is 26.2 Å². The summed E-state index contributed by atoms with van der Waals surface area (Å²) in [4.78, 5) is 0. The molecule has 0 aliphatic heterocycles. The highest BCUT2D eigenvalue weighted by atomic mass is 19.3. The maximum atomic E-state index is 11.9. The molecule has 0 aliphatic carbocycles. The van der Waals surface area contributed by atoms with Crippen LogP contribution in [0.2, 0.25) is 0 Å². The van der Waals surface area contributed by atoms with E-state index in [1.807, 2.05) is 6.92 Å². The number of alkyl halides is 2. The van der Waals surface area contributed by atoms with Crippen LogP contribution < -0.4 is 0 Å². The second-order valence-electron chi connectivity index (χ2n) is 2.12. The fourth-order valence-electron chi connectivity index (χ4n) is 0.396. The van der Waals surface area contributed by atoms with Crippen LogP contribution in [0.15, 0.2) is 0 Å². The minimum atomic E-state index is -2.67. The fourth-order valence-corrected chi connectivity index (χ4v) is 0.396. The van der Waals surface area contributed by atoms with E-state index < -0.39 is 12.5 Å². The van der Waals surface area contributed by atoms with E-state index in [1.165, 1.54) is 0 Å². The first-order chi connectivity index (χ1) is 4.06. The van der Waals surface area contributed by atoms with E-state index in [9.17, 15) is 8.78 Å². The van der Waals surface area contributed by atoms with Crippen molar-refractivity contribution in [2.24, 2.45) is 0 Å². The van der Waals surface area contributed by atoms with Gasteiger partial charge in [-0.2, -0.15) is 0 Å². The highest BCUT2D eigenvalue weighted by Gasteiger charge is 2.20. The molecule has 3 heteroatoms. The van der Waals surface area contributed by atoms with Gasteiger partial charge in [-0.3, -0.25) is 0 Å². The molecule has 0 N–H and O–H groups in total. The average Bonchev–Trinajstić information content (AvgIpc) is 1.63. The second-order valence-corrected chi connectivity index (χ2v) is 2.12. The molecule has 0 aliphatic rings. The maximum Gasteiger partial charge on any atom is 0.268 e. The van der Waals surface area contributed by atoms with Gasteiger partial charge in [-0.05, 0) is 6.42 Å². The van der Waals surface area contributed by atoms with Crippen LogP contribution in [0.5, 0.6) is 0 Å². The van der Waals surface area contributed by atoms with Gasteiger partial charge in [-0.1, -0.05) is 6.92 Å². The zero-order chi connectivity index (χ0) is 7.33. The summed E-state index contributed by atoms with van der Waals surface area (Å²) >= 11 is 0. The summed E-state index contributed by atoms with van der Waals surface area (Å²) in [5.74, 6) is -2.67. The Bertz CT molecular complexity index is 67.9. The molecule has 56 valence electrons. The lowest BCUT2D eigenvalue weighted by Gasteiger charge is -2.08. The molecule has 0 amide bonds. The molecule has 1 nitrogen and oxygen atoms in total. The molecular weight excluding hydrogens is 126 g/mol. The molecular formula is C6H12F2O. The van der Waals surface area contributed by atoms with E-state index in [-0.39, 0.29) is 0 Å². The van der Waals surface area contributed by atoms with Crippen molar-refractivity contribution in [1.82, 2.24) is 0 Å². The van der Waals surface area contributed by atoms with Gasteiger partial charge in [0.15, 0.2) is 0 Å². The highest BCUT2D eigenvalue weighted by molar-refractivity contribution is 4.53. The van der Waals surface area contributed by atoms with Gasteiger partial charge >= 0.3 is 0 Å². The first-order valence-corrected chi connectivity index (χ1v) is 3.02. The molecule has 0 spiro atoms.